The average Bonchev–Trinajstić information content (AvgIpc) is 2.70. The molecule has 0 aliphatic carbocycles. The van der Waals surface area contributed by atoms with Gasteiger partial charge in [0.15, 0.2) is 11.5 Å². The lowest BCUT2D eigenvalue weighted by molar-refractivity contribution is 0.333. The molecule has 82 valence electrons. The molecule has 0 aromatic heterocycles. The smallest absolute Gasteiger partial charge is 0.165 e. The van der Waals surface area contributed by atoms with Crippen molar-refractivity contribution >= 4 is 15.9 Å². The third-order valence-corrected chi connectivity index (χ3v) is 3.34. The van der Waals surface area contributed by atoms with Gasteiger partial charge in [-0.25, -0.2) is 0 Å². The molecule has 0 bridgehead atoms. The summed E-state index contributed by atoms with van der Waals surface area (Å²) in [7, 11) is 0. The van der Waals surface area contributed by atoms with Gasteiger partial charge in [0.05, 0.1) is 6.61 Å². The monoisotopic (exact) mass is 271 g/mol. The lowest BCUT2D eigenvalue weighted by Gasteiger charge is -2.10. The van der Waals surface area contributed by atoms with Crippen LogP contribution in [-0.4, -0.2) is 18.3 Å². The zero-order valence-corrected chi connectivity index (χ0v) is 10.0. The summed E-state index contributed by atoms with van der Waals surface area (Å²) in [6.07, 6.45) is 2.52. The van der Waals surface area contributed by atoms with Gasteiger partial charge in [0.1, 0.15) is 0 Å². The summed E-state index contributed by atoms with van der Waals surface area (Å²) >= 11 is 3.50. The van der Waals surface area contributed by atoms with Crippen molar-refractivity contribution in [2.24, 2.45) is 5.73 Å². The molecule has 1 aromatic carbocycles. The van der Waals surface area contributed by atoms with Gasteiger partial charge in [0.25, 0.3) is 0 Å². The largest absolute Gasteiger partial charge is 0.504 e. The maximum Gasteiger partial charge on any atom is 0.165 e. The fourth-order valence-electron chi connectivity index (χ4n) is 1.83. The van der Waals surface area contributed by atoms with E-state index in [0.717, 1.165) is 34.9 Å². The van der Waals surface area contributed by atoms with Crippen molar-refractivity contribution in [1.82, 2.24) is 0 Å². The van der Waals surface area contributed by atoms with Crippen molar-refractivity contribution in [3.63, 3.8) is 0 Å². The van der Waals surface area contributed by atoms with Gasteiger partial charge in [0, 0.05) is 16.5 Å². The Hall–Kier alpha value is -0.740. The molecule has 0 radical (unpaired) electrons. The molecular weight excluding hydrogens is 258 g/mol. The predicted octanol–water partition coefficient (Wildman–Crippen LogP) is 1.98. The molecule has 3 nitrogen and oxygen atoms in total. The number of rotatable bonds is 3. The standard InChI is InChI=1S/C11H14BrNO2/c12-9-6-7(2-1-4-13)10(14)11-8(9)3-5-15-11/h6,14H,1-5,13H2. The molecule has 4 heteroatoms. The van der Waals surface area contributed by atoms with E-state index >= 15 is 0 Å². The van der Waals surface area contributed by atoms with Crippen LogP contribution in [0.4, 0.5) is 0 Å². The number of halogens is 1. The Labute approximate surface area is 97.4 Å². The maximum absolute atomic E-state index is 9.97. The average molecular weight is 272 g/mol. The molecule has 1 heterocycles. The molecule has 0 fully saturated rings. The highest BCUT2D eigenvalue weighted by Crippen LogP contribution is 2.42. The quantitative estimate of drug-likeness (QED) is 0.884. The van der Waals surface area contributed by atoms with Crippen molar-refractivity contribution in [3.8, 4) is 11.5 Å². The second-order valence-corrected chi connectivity index (χ2v) is 4.52. The zero-order valence-electron chi connectivity index (χ0n) is 8.42. The summed E-state index contributed by atoms with van der Waals surface area (Å²) in [5.74, 6) is 0.940. The third kappa shape index (κ3) is 1.96. The highest BCUT2D eigenvalue weighted by Gasteiger charge is 2.21. The highest BCUT2D eigenvalue weighted by molar-refractivity contribution is 9.10. The SMILES string of the molecule is NCCCc1cc(Br)c2c(c1O)OCC2. The first kappa shape index (κ1) is 10.8. The van der Waals surface area contributed by atoms with Crippen molar-refractivity contribution in [3.05, 3.63) is 21.7 Å². The van der Waals surface area contributed by atoms with Gasteiger partial charge in [-0.15, -0.1) is 0 Å². The Morgan fingerprint density at radius 2 is 2.33 bits per heavy atom. The molecule has 1 aromatic rings. The summed E-state index contributed by atoms with van der Waals surface area (Å²) in [5.41, 5.74) is 7.44. The number of hydrogen-bond acceptors (Lipinski definition) is 3. The summed E-state index contributed by atoms with van der Waals surface area (Å²) in [6, 6.07) is 1.97. The van der Waals surface area contributed by atoms with E-state index in [4.69, 9.17) is 10.5 Å². The number of ether oxygens (including phenoxy) is 1. The molecule has 3 N–H and O–H groups in total. The Morgan fingerprint density at radius 1 is 1.53 bits per heavy atom. The van der Waals surface area contributed by atoms with Gasteiger partial charge in [-0.05, 0) is 31.0 Å². The minimum atomic E-state index is 0.291. The number of aromatic hydroxyl groups is 1. The topological polar surface area (TPSA) is 55.5 Å². The van der Waals surface area contributed by atoms with Crippen LogP contribution in [-0.2, 0) is 12.8 Å². The number of aryl methyl sites for hydroxylation is 1. The van der Waals surface area contributed by atoms with Crippen molar-refractivity contribution in [2.45, 2.75) is 19.3 Å². The second kappa shape index (κ2) is 4.41. The molecule has 1 aliphatic heterocycles. The van der Waals surface area contributed by atoms with E-state index in [9.17, 15) is 5.11 Å². The third-order valence-electron chi connectivity index (χ3n) is 2.63. The molecule has 0 unspecified atom stereocenters. The van der Waals surface area contributed by atoms with Gasteiger partial charge in [-0.1, -0.05) is 15.9 Å². The van der Waals surface area contributed by atoms with Crippen LogP contribution in [0.1, 0.15) is 17.5 Å². The van der Waals surface area contributed by atoms with Crippen molar-refractivity contribution in [2.75, 3.05) is 13.2 Å². The van der Waals surface area contributed by atoms with Gasteiger partial charge < -0.3 is 15.6 Å². The van der Waals surface area contributed by atoms with E-state index in [1.165, 1.54) is 0 Å². The lowest BCUT2D eigenvalue weighted by Crippen LogP contribution is -2.01. The van der Waals surface area contributed by atoms with E-state index in [2.05, 4.69) is 15.9 Å². The van der Waals surface area contributed by atoms with Crippen LogP contribution in [0, 0.1) is 0 Å². The van der Waals surface area contributed by atoms with Crippen molar-refractivity contribution < 1.29 is 9.84 Å². The number of benzene rings is 1. The summed E-state index contributed by atoms with van der Waals surface area (Å²) < 4.78 is 6.45. The minimum Gasteiger partial charge on any atom is -0.504 e. The molecule has 0 amide bonds. The van der Waals surface area contributed by atoms with Crippen LogP contribution in [0.3, 0.4) is 0 Å². The normalized spacial score (nSPS) is 13.7. The predicted molar refractivity (Wildman–Crippen MR) is 62.4 cm³/mol. The van der Waals surface area contributed by atoms with Gasteiger partial charge in [-0.3, -0.25) is 0 Å². The highest BCUT2D eigenvalue weighted by atomic mass is 79.9. The van der Waals surface area contributed by atoms with Crippen LogP contribution in [0.2, 0.25) is 0 Å². The van der Waals surface area contributed by atoms with Crippen LogP contribution in [0.5, 0.6) is 11.5 Å². The first-order valence-corrected chi connectivity index (χ1v) is 5.89. The van der Waals surface area contributed by atoms with Gasteiger partial charge in [-0.2, -0.15) is 0 Å². The minimum absolute atomic E-state index is 0.291. The molecule has 0 saturated heterocycles. The molecule has 0 spiro atoms. The molecule has 0 atom stereocenters. The van der Waals surface area contributed by atoms with Crippen LogP contribution in [0.15, 0.2) is 10.5 Å². The van der Waals surface area contributed by atoms with Gasteiger partial charge >= 0.3 is 0 Å². The fourth-order valence-corrected chi connectivity index (χ4v) is 2.49. The summed E-state index contributed by atoms with van der Waals surface area (Å²) in [6.45, 7) is 1.29. The van der Waals surface area contributed by atoms with Crippen LogP contribution in [0.25, 0.3) is 0 Å². The molecular formula is C11H14BrNO2. The fraction of sp³-hybridized carbons (Fsp3) is 0.455. The second-order valence-electron chi connectivity index (χ2n) is 3.66. The van der Waals surface area contributed by atoms with E-state index in [-0.39, 0.29) is 0 Å². The van der Waals surface area contributed by atoms with E-state index < -0.39 is 0 Å². The first-order chi connectivity index (χ1) is 7.24. The summed E-state index contributed by atoms with van der Waals surface area (Å²) in [4.78, 5) is 0. The molecule has 2 rings (SSSR count). The van der Waals surface area contributed by atoms with E-state index in [0.29, 0.717) is 24.7 Å². The van der Waals surface area contributed by atoms with Crippen molar-refractivity contribution in [1.29, 1.82) is 0 Å². The first-order valence-electron chi connectivity index (χ1n) is 5.10. The molecule has 15 heavy (non-hydrogen) atoms. The zero-order chi connectivity index (χ0) is 10.8. The Morgan fingerprint density at radius 3 is 3.07 bits per heavy atom. The Bertz CT molecular complexity index is 379. The van der Waals surface area contributed by atoms with E-state index in [1.54, 1.807) is 0 Å². The lowest BCUT2D eigenvalue weighted by atomic mass is 10.0. The Kier molecular flexibility index (Phi) is 3.17. The van der Waals surface area contributed by atoms with Crippen LogP contribution < -0.4 is 10.5 Å². The van der Waals surface area contributed by atoms with Crippen LogP contribution >= 0.6 is 15.9 Å². The summed E-state index contributed by atoms with van der Waals surface area (Å²) in [5, 5.41) is 9.97. The number of phenolic OH excluding ortho intramolecular Hbond substituents is 1. The van der Waals surface area contributed by atoms with E-state index in [1.807, 2.05) is 6.07 Å². The molecule has 1 aliphatic rings. The number of fused-ring (bicyclic) bond motifs is 1. The van der Waals surface area contributed by atoms with Gasteiger partial charge in [0.2, 0.25) is 0 Å². The number of hydrogen-bond donors (Lipinski definition) is 2. The molecule has 0 saturated carbocycles. The Balaban J connectivity index is 2.36. The number of nitrogens with two attached hydrogens (primary N) is 1. The maximum atomic E-state index is 9.97. The number of phenols is 1.